The van der Waals surface area contributed by atoms with Crippen molar-refractivity contribution in [3.8, 4) is 0 Å². The minimum atomic E-state index is -1.16. The SMILES string of the molecule is CC1(c2ccc(C(=O)N3CCCCC3CCC(=O)O)cc2)NC(=O)NC1=O. The molecule has 0 bridgehead atoms. The van der Waals surface area contributed by atoms with Crippen molar-refractivity contribution in [2.24, 2.45) is 0 Å². The highest BCUT2D eigenvalue weighted by Gasteiger charge is 2.43. The van der Waals surface area contributed by atoms with Crippen LogP contribution in [0.15, 0.2) is 24.3 Å². The third-order valence-electron chi connectivity index (χ3n) is 5.33. The minimum Gasteiger partial charge on any atom is -0.481 e. The van der Waals surface area contributed by atoms with Gasteiger partial charge in [0.05, 0.1) is 0 Å². The molecule has 4 amide bonds. The number of carboxylic acid groups (broad SMARTS) is 1. The fraction of sp³-hybridized carbons (Fsp3) is 0.474. The first-order chi connectivity index (χ1) is 12.8. The number of rotatable bonds is 5. The number of nitrogens with zero attached hydrogens (tertiary/aromatic N) is 1. The number of benzene rings is 1. The first kappa shape index (κ1) is 18.9. The van der Waals surface area contributed by atoms with E-state index in [0.717, 1.165) is 19.3 Å². The zero-order chi connectivity index (χ0) is 19.6. The van der Waals surface area contributed by atoms with E-state index in [1.165, 1.54) is 0 Å². The molecule has 0 spiro atoms. The number of aliphatic carboxylic acids is 1. The van der Waals surface area contributed by atoms with Crippen LogP contribution in [-0.2, 0) is 15.1 Å². The topological polar surface area (TPSA) is 116 Å². The van der Waals surface area contributed by atoms with Crippen molar-refractivity contribution in [2.45, 2.75) is 50.6 Å². The zero-order valence-electron chi connectivity index (χ0n) is 15.2. The molecule has 2 saturated heterocycles. The van der Waals surface area contributed by atoms with Crippen molar-refractivity contribution in [3.63, 3.8) is 0 Å². The van der Waals surface area contributed by atoms with Gasteiger partial charge in [0.15, 0.2) is 0 Å². The van der Waals surface area contributed by atoms with Gasteiger partial charge in [-0.3, -0.25) is 19.7 Å². The second-order valence-electron chi connectivity index (χ2n) is 7.19. The molecular weight excluding hydrogens is 350 g/mol. The lowest BCUT2D eigenvalue weighted by atomic mass is 9.91. The molecule has 0 saturated carbocycles. The minimum absolute atomic E-state index is 0.0422. The van der Waals surface area contributed by atoms with Crippen molar-refractivity contribution < 1.29 is 24.3 Å². The highest BCUT2D eigenvalue weighted by Crippen LogP contribution is 2.26. The Morgan fingerprint density at radius 2 is 1.93 bits per heavy atom. The van der Waals surface area contributed by atoms with Crippen LogP contribution >= 0.6 is 0 Å². The molecule has 2 atom stereocenters. The van der Waals surface area contributed by atoms with Crippen LogP contribution in [0.1, 0.15) is 54.9 Å². The van der Waals surface area contributed by atoms with Crippen LogP contribution in [-0.4, -0.2) is 46.4 Å². The molecule has 0 aromatic heterocycles. The van der Waals surface area contributed by atoms with Crippen molar-refractivity contribution in [3.05, 3.63) is 35.4 Å². The largest absolute Gasteiger partial charge is 0.481 e. The van der Waals surface area contributed by atoms with Crippen LogP contribution in [0.25, 0.3) is 0 Å². The van der Waals surface area contributed by atoms with E-state index in [9.17, 15) is 19.2 Å². The summed E-state index contributed by atoms with van der Waals surface area (Å²) in [5, 5.41) is 13.7. The third-order valence-corrected chi connectivity index (χ3v) is 5.33. The molecule has 3 N–H and O–H groups in total. The quantitative estimate of drug-likeness (QED) is 0.678. The van der Waals surface area contributed by atoms with Gasteiger partial charge in [-0.25, -0.2) is 4.79 Å². The first-order valence-corrected chi connectivity index (χ1v) is 9.08. The van der Waals surface area contributed by atoms with Crippen LogP contribution in [0.3, 0.4) is 0 Å². The van der Waals surface area contributed by atoms with Gasteiger partial charge >= 0.3 is 12.0 Å². The second-order valence-corrected chi connectivity index (χ2v) is 7.19. The summed E-state index contributed by atoms with van der Waals surface area (Å²) in [5.41, 5.74) is -0.0915. The number of likely N-dealkylation sites (tertiary alicyclic amines) is 1. The Labute approximate surface area is 156 Å². The summed E-state index contributed by atoms with van der Waals surface area (Å²) in [7, 11) is 0. The fourth-order valence-corrected chi connectivity index (χ4v) is 3.72. The van der Waals surface area contributed by atoms with Crippen LogP contribution < -0.4 is 10.6 Å². The van der Waals surface area contributed by atoms with Crippen LogP contribution in [0.4, 0.5) is 4.79 Å². The molecular formula is C19H23N3O5. The molecule has 3 rings (SSSR count). The molecule has 1 aromatic carbocycles. The molecule has 2 unspecified atom stereocenters. The van der Waals surface area contributed by atoms with E-state index < -0.39 is 23.4 Å². The average molecular weight is 373 g/mol. The Kier molecular flexibility index (Phi) is 5.16. The number of nitrogens with one attached hydrogen (secondary N) is 2. The Bertz CT molecular complexity index is 776. The zero-order valence-corrected chi connectivity index (χ0v) is 15.2. The van der Waals surface area contributed by atoms with Crippen molar-refractivity contribution in [1.82, 2.24) is 15.5 Å². The summed E-state index contributed by atoms with van der Waals surface area (Å²) < 4.78 is 0. The Morgan fingerprint density at radius 1 is 1.22 bits per heavy atom. The Morgan fingerprint density at radius 3 is 2.52 bits per heavy atom. The monoisotopic (exact) mass is 373 g/mol. The van der Waals surface area contributed by atoms with Crippen molar-refractivity contribution in [2.75, 3.05) is 6.54 Å². The standard InChI is InChI=1S/C19H23N3O5/c1-19(17(26)20-18(27)21-19)13-7-5-12(6-8-13)16(25)22-11-3-2-4-14(22)9-10-15(23)24/h5-8,14H,2-4,9-11H2,1H3,(H,23,24)(H2,20,21,26,27). The average Bonchev–Trinajstić information content (AvgIpc) is 2.92. The molecule has 144 valence electrons. The predicted octanol–water partition coefficient (Wildman–Crippen LogP) is 1.60. The van der Waals surface area contributed by atoms with Gasteiger partial charge in [0.1, 0.15) is 5.54 Å². The molecule has 2 fully saturated rings. The fourth-order valence-electron chi connectivity index (χ4n) is 3.72. The van der Waals surface area contributed by atoms with Crippen molar-refractivity contribution in [1.29, 1.82) is 0 Å². The molecule has 27 heavy (non-hydrogen) atoms. The number of hydrogen-bond acceptors (Lipinski definition) is 4. The normalized spacial score (nSPS) is 25.1. The highest BCUT2D eigenvalue weighted by atomic mass is 16.4. The summed E-state index contributed by atoms with van der Waals surface area (Å²) in [6.07, 6.45) is 3.18. The summed E-state index contributed by atoms with van der Waals surface area (Å²) in [6, 6.07) is 5.99. The van der Waals surface area contributed by atoms with Gasteiger partial charge in [0.2, 0.25) is 0 Å². The number of hydrogen-bond donors (Lipinski definition) is 3. The van der Waals surface area contributed by atoms with E-state index in [4.69, 9.17) is 5.11 Å². The molecule has 0 radical (unpaired) electrons. The number of urea groups is 1. The van der Waals surface area contributed by atoms with Gasteiger partial charge in [-0.15, -0.1) is 0 Å². The molecule has 0 aliphatic carbocycles. The molecule has 2 heterocycles. The summed E-state index contributed by atoms with van der Waals surface area (Å²) in [4.78, 5) is 49.0. The van der Waals surface area contributed by atoms with Gasteiger partial charge in [-0.2, -0.15) is 0 Å². The summed E-state index contributed by atoms with van der Waals surface area (Å²) in [6.45, 7) is 2.22. The van der Waals surface area contributed by atoms with E-state index in [2.05, 4.69) is 10.6 Å². The lowest BCUT2D eigenvalue weighted by Gasteiger charge is -2.36. The van der Waals surface area contributed by atoms with Gasteiger partial charge in [0, 0.05) is 24.6 Å². The van der Waals surface area contributed by atoms with Crippen molar-refractivity contribution >= 4 is 23.8 Å². The first-order valence-electron chi connectivity index (χ1n) is 9.08. The number of amides is 4. The Hall–Kier alpha value is -2.90. The van der Waals surface area contributed by atoms with Gasteiger partial charge in [-0.1, -0.05) is 12.1 Å². The van der Waals surface area contributed by atoms with E-state index in [-0.39, 0.29) is 18.4 Å². The highest BCUT2D eigenvalue weighted by molar-refractivity contribution is 6.07. The van der Waals surface area contributed by atoms with E-state index in [1.54, 1.807) is 36.1 Å². The number of carbonyl (C=O) groups is 4. The molecule has 8 heteroatoms. The number of carboxylic acids is 1. The smallest absolute Gasteiger partial charge is 0.322 e. The van der Waals surface area contributed by atoms with Gasteiger partial charge < -0.3 is 15.3 Å². The van der Waals surface area contributed by atoms with Crippen LogP contribution in [0.2, 0.25) is 0 Å². The van der Waals surface area contributed by atoms with Crippen LogP contribution in [0, 0.1) is 0 Å². The molecule has 2 aliphatic rings. The predicted molar refractivity (Wildman–Crippen MR) is 96.0 cm³/mol. The maximum atomic E-state index is 12.9. The van der Waals surface area contributed by atoms with Crippen LogP contribution in [0.5, 0.6) is 0 Å². The van der Waals surface area contributed by atoms with Gasteiger partial charge in [-0.05, 0) is 50.3 Å². The molecule has 1 aromatic rings. The van der Waals surface area contributed by atoms with E-state index >= 15 is 0 Å². The lowest BCUT2D eigenvalue weighted by molar-refractivity contribution is -0.137. The second kappa shape index (κ2) is 7.38. The third kappa shape index (κ3) is 3.79. The van der Waals surface area contributed by atoms with E-state index in [0.29, 0.717) is 24.1 Å². The lowest BCUT2D eigenvalue weighted by Crippen LogP contribution is -2.44. The number of piperidine rings is 1. The van der Waals surface area contributed by atoms with E-state index in [1.807, 2.05) is 0 Å². The number of carbonyl (C=O) groups excluding carboxylic acids is 3. The molecule has 8 nitrogen and oxygen atoms in total. The molecule has 2 aliphatic heterocycles. The maximum absolute atomic E-state index is 12.9. The maximum Gasteiger partial charge on any atom is 0.322 e. The summed E-state index contributed by atoms with van der Waals surface area (Å²) in [5.74, 6) is -1.43. The number of imide groups is 1. The van der Waals surface area contributed by atoms with Gasteiger partial charge in [0.25, 0.3) is 11.8 Å². The Balaban J connectivity index is 1.75. The summed E-state index contributed by atoms with van der Waals surface area (Å²) >= 11 is 0.